The molecule has 19 heavy (non-hydrogen) atoms. The summed E-state index contributed by atoms with van der Waals surface area (Å²) < 4.78 is 0. The highest BCUT2D eigenvalue weighted by Crippen LogP contribution is 2.24. The fraction of sp³-hybridized carbons (Fsp3) is 0.214. The van der Waals surface area contributed by atoms with Crippen molar-refractivity contribution in [2.45, 2.75) is 12.5 Å². The molecule has 0 unspecified atom stereocenters. The molecule has 1 aromatic heterocycles. The molecule has 0 fully saturated rings. The van der Waals surface area contributed by atoms with E-state index < -0.39 is 5.60 Å². The highest BCUT2D eigenvalue weighted by atomic mass is 35.5. The quantitative estimate of drug-likeness (QED) is 0.911. The lowest BCUT2D eigenvalue weighted by atomic mass is 10.1. The Kier molecular flexibility index (Phi) is 4.24. The average molecular weight is 296 g/mol. The van der Waals surface area contributed by atoms with Gasteiger partial charge in [0.2, 0.25) is 0 Å². The normalized spacial score (nSPS) is 13.8. The zero-order valence-electron chi connectivity index (χ0n) is 10.4. The molecule has 3 nitrogen and oxygen atoms in total. The molecule has 1 atom stereocenters. The van der Waals surface area contributed by atoms with Crippen LogP contribution in [-0.4, -0.2) is 17.6 Å². The Morgan fingerprint density at radius 1 is 1.37 bits per heavy atom. The van der Waals surface area contributed by atoms with Crippen LogP contribution in [-0.2, 0) is 5.60 Å². The van der Waals surface area contributed by atoms with Crippen LogP contribution >= 0.6 is 22.9 Å². The largest absolute Gasteiger partial charge is 0.383 e. The summed E-state index contributed by atoms with van der Waals surface area (Å²) in [7, 11) is 0. The van der Waals surface area contributed by atoms with E-state index in [9.17, 15) is 9.90 Å². The number of hydrogen-bond donors (Lipinski definition) is 2. The first-order chi connectivity index (χ1) is 9.00. The van der Waals surface area contributed by atoms with Gasteiger partial charge >= 0.3 is 0 Å². The van der Waals surface area contributed by atoms with Crippen LogP contribution in [0.2, 0.25) is 5.02 Å². The molecular weight excluding hydrogens is 282 g/mol. The van der Waals surface area contributed by atoms with E-state index in [1.807, 2.05) is 17.5 Å². The highest BCUT2D eigenvalue weighted by Gasteiger charge is 2.25. The lowest BCUT2D eigenvalue weighted by molar-refractivity contribution is 0.0557. The van der Waals surface area contributed by atoms with Crippen LogP contribution in [0, 0.1) is 0 Å². The minimum Gasteiger partial charge on any atom is -0.383 e. The molecule has 2 rings (SSSR count). The minimum atomic E-state index is -1.08. The van der Waals surface area contributed by atoms with E-state index in [2.05, 4.69) is 5.32 Å². The molecule has 0 spiro atoms. The first-order valence-corrected chi connectivity index (χ1v) is 7.05. The van der Waals surface area contributed by atoms with Crippen molar-refractivity contribution in [1.29, 1.82) is 0 Å². The summed E-state index contributed by atoms with van der Waals surface area (Å²) in [5, 5.41) is 15.3. The maximum Gasteiger partial charge on any atom is 0.252 e. The van der Waals surface area contributed by atoms with Crippen LogP contribution in [0.3, 0.4) is 0 Å². The summed E-state index contributed by atoms with van der Waals surface area (Å²) in [4.78, 5) is 12.8. The molecule has 1 heterocycles. The van der Waals surface area contributed by atoms with E-state index in [-0.39, 0.29) is 12.5 Å². The van der Waals surface area contributed by atoms with E-state index in [0.717, 1.165) is 4.88 Å². The van der Waals surface area contributed by atoms with Crippen molar-refractivity contribution in [3.63, 3.8) is 0 Å². The zero-order chi connectivity index (χ0) is 13.9. The summed E-state index contributed by atoms with van der Waals surface area (Å²) in [6, 6.07) is 10.5. The Morgan fingerprint density at radius 2 is 2.11 bits per heavy atom. The van der Waals surface area contributed by atoms with E-state index >= 15 is 0 Å². The first-order valence-electron chi connectivity index (χ1n) is 5.80. The maximum absolute atomic E-state index is 12.0. The van der Waals surface area contributed by atoms with Gasteiger partial charge in [0.05, 0.1) is 17.1 Å². The van der Waals surface area contributed by atoms with Gasteiger partial charge in [-0.25, -0.2) is 0 Å². The molecule has 1 amide bonds. The summed E-state index contributed by atoms with van der Waals surface area (Å²) in [6.07, 6.45) is 0. The number of nitrogens with one attached hydrogen (secondary N) is 1. The van der Waals surface area contributed by atoms with Gasteiger partial charge in [-0.15, -0.1) is 11.3 Å². The van der Waals surface area contributed by atoms with Gasteiger partial charge in [-0.3, -0.25) is 4.79 Å². The summed E-state index contributed by atoms with van der Waals surface area (Å²) in [5.74, 6) is -0.289. The second-order valence-corrected chi connectivity index (χ2v) is 5.77. The van der Waals surface area contributed by atoms with Crippen molar-refractivity contribution in [3.8, 4) is 0 Å². The van der Waals surface area contributed by atoms with E-state index in [1.54, 1.807) is 31.2 Å². The van der Waals surface area contributed by atoms with Gasteiger partial charge in [-0.2, -0.15) is 0 Å². The van der Waals surface area contributed by atoms with Crippen molar-refractivity contribution in [2.24, 2.45) is 0 Å². The standard InChI is InChI=1S/C14H14ClNO2S/c1-14(18,12-7-4-8-19-12)9-16-13(17)10-5-2-3-6-11(10)15/h2-8,18H,9H2,1H3,(H,16,17)/t14-/m1/s1. The number of amides is 1. The van der Waals surface area contributed by atoms with Gasteiger partial charge in [0, 0.05) is 4.88 Å². The van der Waals surface area contributed by atoms with Crippen molar-refractivity contribution in [2.75, 3.05) is 6.54 Å². The minimum absolute atomic E-state index is 0.136. The maximum atomic E-state index is 12.0. The SMILES string of the molecule is C[C@@](O)(CNC(=O)c1ccccc1Cl)c1cccs1. The van der Waals surface area contributed by atoms with Crippen LogP contribution in [0.5, 0.6) is 0 Å². The molecule has 2 N–H and O–H groups in total. The molecule has 1 aromatic carbocycles. The number of rotatable bonds is 4. The smallest absolute Gasteiger partial charge is 0.252 e. The van der Waals surface area contributed by atoms with E-state index in [0.29, 0.717) is 10.6 Å². The van der Waals surface area contributed by atoms with Crippen LogP contribution in [0.1, 0.15) is 22.2 Å². The molecule has 0 saturated heterocycles. The summed E-state index contributed by atoms with van der Waals surface area (Å²) >= 11 is 7.40. The Balaban J connectivity index is 2.03. The lowest BCUT2D eigenvalue weighted by Crippen LogP contribution is -2.38. The fourth-order valence-electron chi connectivity index (χ4n) is 1.67. The number of thiophene rings is 1. The second kappa shape index (κ2) is 5.74. The Labute approximate surface area is 120 Å². The number of carbonyl (C=O) groups is 1. The number of aliphatic hydroxyl groups is 1. The predicted molar refractivity (Wildman–Crippen MR) is 77.7 cm³/mol. The topological polar surface area (TPSA) is 49.3 Å². The van der Waals surface area contributed by atoms with Crippen LogP contribution in [0.15, 0.2) is 41.8 Å². The monoisotopic (exact) mass is 295 g/mol. The lowest BCUT2D eigenvalue weighted by Gasteiger charge is -2.22. The summed E-state index contributed by atoms with van der Waals surface area (Å²) in [6.45, 7) is 1.81. The number of benzene rings is 1. The highest BCUT2D eigenvalue weighted by molar-refractivity contribution is 7.10. The van der Waals surface area contributed by atoms with Crippen molar-refractivity contribution < 1.29 is 9.90 Å². The third kappa shape index (κ3) is 3.35. The number of carbonyl (C=O) groups excluding carboxylic acids is 1. The molecule has 0 radical (unpaired) electrons. The number of halogens is 1. The molecule has 0 aliphatic heterocycles. The Bertz CT molecular complexity index is 567. The summed E-state index contributed by atoms with van der Waals surface area (Å²) in [5.41, 5.74) is -0.670. The van der Waals surface area contributed by atoms with Gasteiger partial charge in [-0.1, -0.05) is 29.8 Å². The molecule has 0 bridgehead atoms. The molecule has 2 aromatic rings. The second-order valence-electron chi connectivity index (χ2n) is 4.41. The Morgan fingerprint density at radius 3 is 2.74 bits per heavy atom. The van der Waals surface area contributed by atoms with Crippen molar-refractivity contribution >= 4 is 28.8 Å². The molecule has 100 valence electrons. The van der Waals surface area contributed by atoms with Gasteiger partial charge in [0.15, 0.2) is 0 Å². The molecular formula is C14H14ClNO2S. The third-order valence-electron chi connectivity index (χ3n) is 2.76. The van der Waals surface area contributed by atoms with E-state index in [4.69, 9.17) is 11.6 Å². The van der Waals surface area contributed by atoms with Gasteiger partial charge in [0.1, 0.15) is 5.60 Å². The van der Waals surface area contributed by atoms with E-state index in [1.165, 1.54) is 11.3 Å². The van der Waals surface area contributed by atoms with Crippen molar-refractivity contribution in [1.82, 2.24) is 5.32 Å². The number of hydrogen-bond acceptors (Lipinski definition) is 3. The fourth-order valence-corrected chi connectivity index (χ4v) is 2.67. The first kappa shape index (κ1) is 14.1. The van der Waals surface area contributed by atoms with Crippen LogP contribution in [0.4, 0.5) is 0 Å². The van der Waals surface area contributed by atoms with Crippen LogP contribution < -0.4 is 5.32 Å². The molecule has 0 aliphatic carbocycles. The Hall–Kier alpha value is -1.36. The van der Waals surface area contributed by atoms with Crippen molar-refractivity contribution in [3.05, 3.63) is 57.2 Å². The molecule has 0 aliphatic rings. The average Bonchev–Trinajstić information content (AvgIpc) is 2.91. The van der Waals surface area contributed by atoms with Gasteiger partial charge in [-0.05, 0) is 30.5 Å². The van der Waals surface area contributed by atoms with Crippen LogP contribution in [0.25, 0.3) is 0 Å². The molecule has 5 heteroatoms. The third-order valence-corrected chi connectivity index (χ3v) is 4.22. The molecule has 0 saturated carbocycles. The van der Waals surface area contributed by atoms with Gasteiger partial charge < -0.3 is 10.4 Å². The zero-order valence-corrected chi connectivity index (χ0v) is 12.0. The predicted octanol–water partition coefficient (Wildman–Crippen LogP) is 3.04. The van der Waals surface area contributed by atoms with Gasteiger partial charge in [0.25, 0.3) is 5.91 Å².